The van der Waals surface area contributed by atoms with Crippen LogP contribution in [0.3, 0.4) is 0 Å². The molecule has 100 valence electrons. The van der Waals surface area contributed by atoms with E-state index in [0.29, 0.717) is 6.42 Å². The second-order valence-corrected chi connectivity index (χ2v) is 7.53. The lowest BCUT2D eigenvalue weighted by Gasteiger charge is -2.44. The second-order valence-electron chi connectivity index (χ2n) is 4.00. The van der Waals surface area contributed by atoms with Crippen LogP contribution in [0.2, 0.25) is 0 Å². The predicted molar refractivity (Wildman–Crippen MR) is 73.0 cm³/mol. The van der Waals surface area contributed by atoms with Crippen molar-refractivity contribution >= 4 is 46.9 Å². The van der Waals surface area contributed by atoms with Gasteiger partial charge in [0.25, 0.3) is 0 Å². The molecule has 9 heteroatoms. The second kappa shape index (κ2) is 5.14. The third kappa shape index (κ3) is 2.49. The molecule has 1 aromatic rings. The summed E-state index contributed by atoms with van der Waals surface area (Å²) in [5.74, 6) is -0.388. The van der Waals surface area contributed by atoms with Gasteiger partial charge in [-0.15, -0.1) is 28.6 Å². The standard InChI is InChI=1S/C10H9N3O3S3/c14-7-2-8-13(7)6(10(15)16)1-5(18-8)4-17-9-3-11-12-19-9/h1,3,5,8H,2,4H2,(H,15,16)/t5?,8-/m1/s1. The van der Waals surface area contributed by atoms with E-state index in [1.165, 1.54) is 16.4 Å². The van der Waals surface area contributed by atoms with E-state index >= 15 is 0 Å². The summed E-state index contributed by atoms with van der Waals surface area (Å²) in [7, 11) is 0. The molecular weight excluding hydrogens is 306 g/mol. The fraction of sp³-hybridized carbons (Fsp3) is 0.400. The van der Waals surface area contributed by atoms with E-state index < -0.39 is 5.97 Å². The van der Waals surface area contributed by atoms with Crippen LogP contribution in [0.25, 0.3) is 0 Å². The zero-order valence-corrected chi connectivity index (χ0v) is 12.0. The maximum Gasteiger partial charge on any atom is 0.352 e. The van der Waals surface area contributed by atoms with Gasteiger partial charge in [0.2, 0.25) is 5.91 Å². The van der Waals surface area contributed by atoms with Gasteiger partial charge >= 0.3 is 5.97 Å². The number of fused-ring (bicyclic) bond motifs is 1. The first-order chi connectivity index (χ1) is 9.15. The Bertz CT molecular complexity index is 545. The zero-order valence-electron chi connectivity index (χ0n) is 9.55. The molecular formula is C10H9N3O3S3. The van der Waals surface area contributed by atoms with E-state index in [-0.39, 0.29) is 22.2 Å². The molecule has 1 amide bonds. The Labute approximate surface area is 121 Å². The SMILES string of the molecule is O=C(O)C1=CC(CSc2cnns2)S[C@@H]2CC(=O)N12. The third-order valence-electron chi connectivity index (χ3n) is 2.79. The van der Waals surface area contributed by atoms with Gasteiger partial charge in [0.1, 0.15) is 9.91 Å². The summed E-state index contributed by atoms with van der Waals surface area (Å²) in [6, 6.07) is 0. The van der Waals surface area contributed by atoms with Crippen molar-refractivity contribution in [2.75, 3.05) is 5.75 Å². The van der Waals surface area contributed by atoms with Gasteiger partial charge in [-0.05, 0) is 17.6 Å². The molecule has 1 unspecified atom stereocenters. The number of carbonyl (C=O) groups excluding carboxylic acids is 1. The highest BCUT2D eigenvalue weighted by Gasteiger charge is 2.45. The molecule has 19 heavy (non-hydrogen) atoms. The van der Waals surface area contributed by atoms with Crippen molar-refractivity contribution in [1.82, 2.24) is 14.5 Å². The molecule has 0 aromatic carbocycles. The molecule has 3 heterocycles. The van der Waals surface area contributed by atoms with E-state index in [0.717, 1.165) is 9.96 Å². The fourth-order valence-corrected chi connectivity index (χ4v) is 4.98. The molecule has 0 radical (unpaired) electrons. The van der Waals surface area contributed by atoms with Crippen molar-refractivity contribution in [2.24, 2.45) is 0 Å². The lowest BCUT2D eigenvalue weighted by atomic mass is 10.1. The van der Waals surface area contributed by atoms with Crippen LogP contribution in [0, 0.1) is 0 Å². The number of nitrogens with zero attached hydrogens (tertiary/aromatic N) is 3. The van der Waals surface area contributed by atoms with Gasteiger partial charge in [-0.2, -0.15) is 0 Å². The molecule has 6 nitrogen and oxygen atoms in total. The zero-order chi connectivity index (χ0) is 13.4. The number of carbonyl (C=O) groups is 2. The van der Waals surface area contributed by atoms with Crippen LogP contribution < -0.4 is 0 Å². The summed E-state index contributed by atoms with van der Waals surface area (Å²) in [5.41, 5.74) is 0.119. The predicted octanol–water partition coefficient (Wildman–Crippen LogP) is 1.27. The van der Waals surface area contributed by atoms with Gasteiger partial charge in [-0.3, -0.25) is 9.69 Å². The molecule has 1 saturated heterocycles. The maximum atomic E-state index is 11.4. The van der Waals surface area contributed by atoms with Gasteiger partial charge in [0, 0.05) is 11.0 Å². The smallest absolute Gasteiger partial charge is 0.352 e. The minimum absolute atomic E-state index is 0.0196. The Kier molecular flexibility index (Phi) is 3.50. The Balaban J connectivity index is 1.71. The first-order valence-electron chi connectivity index (χ1n) is 5.48. The van der Waals surface area contributed by atoms with Gasteiger partial charge < -0.3 is 5.11 Å². The molecule has 1 aromatic heterocycles. The highest BCUT2D eigenvalue weighted by Crippen LogP contribution is 2.42. The quantitative estimate of drug-likeness (QED) is 0.661. The van der Waals surface area contributed by atoms with Crippen LogP contribution >= 0.6 is 35.1 Å². The van der Waals surface area contributed by atoms with Crippen LogP contribution in [-0.2, 0) is 9.59 Å². The molecule has 1 N–H and O–H groups in total. The van der Waals surface area contributed by atoms with Crippen LogP contribution in [0.15, 0.2) is 22.2 Å². The van der Waals surface area contributed by atoms with E-state index in [9.17, 15) is 9.59 Å². The van der Waals surface area contributed by atoms with Gasteiger partial charge in [0.05, 0.1) is 18.0 Å². The molecule has 2 aliphatic rings. The molecule has 1 fully saturated rings. The summed E-state index contributed by atoms with van der Waals surface area (Å²) >= 11 is 4.57. The normalized spacial score (nSPS) is 25.6. The molecule has 3 rings (SSSR count). The Morgan fingerprint density at radius 3 is 3.11 bits per heavy atom. The van der Waals surface area contributed by atoms with Crippen LogP contribution in [0.5, 0.6) is 0 Å². The molecule has 2 aliphatic heterocycles. The number of carboxylic acid groups (broad SMARTS) is 1. The minimum Gasteiger partial charge on any atom is -0.477 e. The van der Waals surface area contributed by atoms with Gasteiger partial charge in [-0.1, -0.05) is 4.49 Å². The summed E-state index contributed by atoms with van der Waals surface area (Å²) in [5, 5.41) is 13.0. The maximum absolute atomic E-state index is 11.4. The molecule has 0 aliphatic carbocycles. The van der Waals surface area contributed by atoms with Gasteiger partial charge in [-0.25, -0.2) is 4.79 Å². The van der Waals surface area contributed by atoms with E-state index in [2.05, 4.69) is 9.59 Å². The van der Waals surface area contributed by atoms with Crippen LogP contribution in [0.1, 0.15) is 6.42 Å². The average molecular weight is 315 g/mol. The summed E-state index contributed by atoms with van der Waals surface area (Å²) in [6.07, 6.45) is 3.80. The topological polar surface area (TPSA) is 83.4 Å². The van der Waals surface area contributed by atoms with Crippen molar-refractivity contribution in [3.63, 3.8) is 0 Å². The highest BCUT2D eigenvalue weighted by atomic mass is 32.2. The number of β-lactam (4-membered cyclic amide) rings is 1. The van der Waals surface area contributed by atoms with Crippen molar-refractivity contribution in [2.45, 2.75) is 21.3 Å². The van der Waals surface area contributed by atoms with Crippen molar-refractivity contribution in [3.05, 3.63) is 18.0 Å². The minimum atomic E-state index is -1.03. The largest absolute Gasteiger partial charge is 0.477 e. The average Bonchev–Trinajstić information content (AvgIpc) is 2.87. The van der Waals surface area contributed by atoms with Crippen molar-refractivity contribution in [3.8, 4) is 0 Å². The molecule has 0 saturated carbocycles. The number of rotatable bonds is 4. The van der Waals surface area contributed by atoms with Crippen LogP contribution in [-0.4, -0.2) is 47.8 Å². The number of thioether (sulfide) groups is 2. The van der Waals surface area contributed by atoms with Crippen LogP contribution in [0.4, 0.5) is 0 Å². The summed E-state index contributed by atoms with van der Waals surface area (Å²) < 4.78 is 4.79. The Hall–Kier alpha value is -1.06. The first-order valence-corrected chi connectivity index (χ1v) is 8.18. The number of aromatic nitrogens is 2. The Morgan fingerprint density at radius 2 is 2.47 bits per heavy atom. The van der Waals surface area contributed by atoms with E-state index in [1.54, 1.807) is 35.8 Å². The Morgan fingerprint density at radius 1 is 1.63 bits per heavy atom. The summed E-state index contributed by atoms with van der Waals surface area (Å²) in [4.78, 5) is 24.0. The lowest BCUT2D eigenvalue weighted by molar-refractivity contribution is -0.146. The van der Waals surface area contributed by atoms with E-state index in [4.69, 9.17) is 5.11 Å². The number of carboxylic acids is 1. The molecule has 2 atom stereocenters. The number of hydrogen-bond acceptors (Lipinski definition) is 7. The molecule has 0 bridgehead atoms. The van der Waals surface area contributed by atoms with Crippen molar-refractivity contribution in [1.29, 1.82) is 0 Å². The highest BCUT2D eigenvalue weighted by molar-refractivity contribution is 8.04. The fourth-order valence-electron chi connectivity index (χ4n) is 1.93. The summed E-state index contributed by atoms with van der Waals surface area (Å²) in [6.45, 7) is 0. The lowest BCUT2D eigenvalue weighted by Crippen LogP contribution is -2.54. The first kappa shape index (κ1) is 12.9. The van der Waals surface area contributed by atoms with E-state index in [1.807, 2.05) is 0 Å². The third-order valence-corrected chi connectivity index (χ3v) is 6.30. The molecule has 0 spiro atoms. The number of hydrogen-bond donors (Lipinski definition) is 1. The monoisotopic (exact) mass is 315 g/mol. The van der Waals surface area contributed by atoms with Gasteiger partial charge in [0.15, 0.2) is 0 Å². The number of aliphatic carboxylic acids is 1. The van der Waals surface area contributed by atoms with Crippen molar-refractivity contribution < 1.29 is 14.7 Å². The number of amides is 1.